The molecule has 3 heteroatoms. The average molecular weight is 238 g/mol. The quantitative estimate of drug-likeness (QED) is 0.711. The summed E-state index contributed by atoms with van der Waals surface area (Å²) in [5.41, 5.74) is 0. The number of amides is 1. The van der Waals surface area contributed by atoms with Crippen molar-refractivity contribution in [2.75, 3.05) is 6.54 Å². The van der Waals surface area contributed by atoms with Crippen molar-refractivity contribution in [2.24, 2.45) is 0 Å². The van der Waals surface area contributed by atoms with Crippen molar-refractivity contribution in [3.05, 3.63) is 0 Å². The molecule has 0 bridgehead atoms. The van der Waals surface area contributed by atoms with Gasteiger partial charge in [-0.05, 0) is 39.7 Å². The smallest absolute Gasteiger partial charge is 0.239 e. The largest absolute Gasteiger partial charge is 0.336 e. The van der Waals surface area contributed by atoms with Crippen LogP contribution in [0.5, 0.6) is 0 Å². The van der Waals surface area contributed by atoms with Crippen LogP contribution >= 0.6 is 0 Å². The van der Waals surface area contributed by atoms with Crippen molar-refractivity contribution >= 4 is 5.91 Å². The molecular formula is C14H26N2O. The SMILES string of the molecule is CC1NCCC(C)N(C2CCCCCC2)C1=O. The van der Waals surface area contributed by atoms with E-state index in [0.717, 1.165) is 13.0 Å². The van der Waals surface area contributed by atoms with E-state index in [1.807, 2.05) is 6.92 Å². The van der Waals surface area contributed by atoms with Crippen LogP contribution in [0, 0.1) is 0 Å². The van der Waals surface area contributed by atoms with Gasteiger partial charge in [-0.2, -0.15) is 0 Å². The summed E-state index contributed by atoms with van der Waals surface area (Å²) in [5, 5.41) is 3.32. The van der Waals surface area contributed by atoms with Gasteiger partial charge < -0.3 is 10.2 Å². The topological polar surface area (TPSA) is 32.3 Å². The molecule has 2 unspecified atom stereocenters. The molecule has 0 aromatic carbocycles. The Kier molecular flexibility index (Phi) is 4.43. The number of hydrogen-bond acceptors (Lipinski definition) is 2. The Labute approximate surface area is 105 Å². The Morgan fingerprint density at radius 3 is 2.35 bits per heavy atom. The van der Waals surface area contributed by atoms with Crippen molar-refractivity contribution < 1.29 is 4.79 Å². The molecule has 1 aliphatic carbocycles. The van der Waals surface area contributed by atoms with Gasteiger partial charge in [-0.3, -0.25) is 4.79 Å². The average Bonchev–Trinajstić information content (AvgIpc) is 2.62. The second kappa shape index (κ2) is 5.85. The van der Waals surface area contributed by atoms with Gasteiger partial charge in [0.1, 0.15) is 0 Å². The Balaban J connectivity index is 2.10. The van der Waals surface area contributed by atoms with Crippen molar-refractivity contribution in [1.82, 2.24) is 10.2 Å². The standard InChI is InChI=1S/C14H26N2O/c1-11-9-10-15-12(2)14(17)16(11)13-7-5-3-4-6-8-13/h11-13,15H,3-10H2,1-2H3. The van der Waals surface area contributed by atoms with Crippen LogP contribution < -0.4 is 5.32 Å². The first-order valence-corrected chi connectivity index (χ1v) is 7.25. The summed E-state index contributed by atoms with van der Waals surface area (Å²) in [4.78, 5) is 14.6. The molecule has 1 N–H and O–H groups in total. The van der Waals surface area contributed by atoms with Gasteiger partial charge in [-0.1, -0.05) is 25.7 Å². The molecular weight excluding hydrogens is 212 g/mol. The zero-order valence-corrected chi connectivity index (χ0v) is 11.2. The van der Waals surface area contributed by atoms with E-state index in [1.165, 1.54) is 38.5 Å². The van der Waals surface area contributed by atoms with Gasteiger partial charge in [-0.15, -0.1) is 0 Å². The third-order valence-electron chi connectivity index (χ3n) is 4.33. The van der Waals surface area contributed by atoms with E-state index in [2.05, 4.69) is 17.1 Å². The summed E-state index contributed by atoms with van der Waals surface area (Å²) in [6, 6.07) is 0.911. The maximum absolute atomic E-state index is 12.4. The highest BCUT2D eigenvalue weighted by Crippen LogP contribution is 2.25. The number of hydrogen-bond donors (Lipinski definition) is 1. The van der Waals surface area contributed by atoms with E-state index in [-0.39, 0.29) is 6.04 Å². The van der Waals surface area contributed by atoms with Gasteiger partial charge in [-0.25, -0.2) is 0 Å². The monoisotopic (exact) mass is 238 g/mol. The molecule has 1 amide bonds. The highest BCUT2D eigenvalue weighted by atomic mass is 16.2. The summed E-state index contributed by atoms with van der Waals surface area (Å²) in [6.07, 6.45) is 8.80. The fourth-order valence-corrected chi connectivity index (χ4v) is 3.25. The van der Waals surface area contributed by atoms with E-state index in [1.54, 1.807) is 0 Å². The molecule has 1 saturated heterocycles. The Hall–Kier alpha value is -0.570. The number of carbonyl (C=O) groups excluding carboxylic acids is 1. The third-order valence-corrected chi connectivity index (χ3v) is 4.33. The van der Waals surface area contributed by atoms with Gasteiger partial charge in [0.2, 0.25) is 5.91 Å². The first-order chi connectivity index (χ1) is 8.20. The molecule has 0 radical (unpaired) electrons. The van der Waals surface area contributed by atoms with Crippen LogP contribution in [0.2, 0.25) is 0 Å². The van der Waals surface area contributed by atoms with Crippen molar-refractivity contribution in [3.8, 4) is 0 Å². The number of rotatable bonds is 1. The minimum atomic E-state index is 0.00297. The fraction of sp³-hybridized carbons (Fsp3) is 0.929. The lowest BCUT2D eigenvalue weighted by Gasteiger charge is -2.36. The lowest BCUT2D eigenvalue weighted by Crippen LogP contribution is -2.49. The summed E-state index contributed by atoms with van der Waals surface area (Å²) < 4.78 is 0. The van der Waals surface area contributed by atoms with Crippen LogP contribution in [0.1, 0.15) is 58.8 Å². The molecule has 1 heterocycles. The summed E-state index contributed by atoms with van der Waals surface area (Å²) in [5.74, 6) is 0.321. The molecule has 1 saturated carbocycles. The molecule has 2 rings (SSSR count). The van der Waals surface area contributed by atoms with Gasteiger partial charge in [0.15, 0.2) is 0 Å². The normalized spacial score (nSPS) is 33.3. The van der Waals surface area contributed by atoms with Gasteiger partial charge in [0.25, 0.3) is 0 Å². The van der Waals surface area contributed by atoms with Crippen LogP contribution in [-0.4, -0.2) is 35.5 Å². The molecule has 2 fully saturated rings. The fourth-order valence-electron chi connectivity index (χ4n) is 3.25. The Morgan fingerprint density at radius 1 is 1.06 bits per heavy atom. The van der Waals surface area contributed by atoms with Crippen LogP contribution in [0.4, 0.5) is 0 Å². The van der Waals surface area contributed by atoms with Crippen molar-refractivity contribution in [2.45, 2.75) is 76.9 Å². The highest BCUT2D eigenvalue weighted by molar-refractivity contribution is 5.82. The van der Waals surface area contributed by atoms with E-state index in [9.17, 15) is 4.79 Å². The second-order valence-electron chi connectivity index (χ2n) is 5.70. The number of carbonyl (C=O) groups is 1. The van der Waals surface area contributed by atoms with Crippen LogP contribution in [0.25, 0.3) is 0 Å². The molecule has 3 nitrogen and oxygen atoms in total. The highest BCUT2D eigenvalue weighted by Gasteiger charge is 2.33. The van der Waals surface area contributed by atoms with Gasteiger partial charge in [0.05, 0.1) is 6.04 Å². The molecule has 0 aromatic rings. The predicted molar refractivity (Wildman–Crippen MR) is 69.9 cm³/mol. The zero-order chi connectivity index (χ0) is 12.3. The number of nitrogens with zero attached hydrogens (tertiary/aromatic N) is 1. The Morgan fingerprint density at radius 2 is 1.71 bits per heavy atom. The molecule has 0 spiro atoms. The minimum Gasteiger partial charge on any atom is -0.336 e. The molecule has 0 aromatic heterocycles. The lowest BCUT2D eigenvalue weighted by atomic mass is 10.0. The van der Waals surface area contributed by atoms with Crippen LogP contribution in [0.3, 0.4) is 0 Å². The van der Waals surface area contributed by atoms with E-state index in [4.69, 9.17) is 0 Å². The maximum Gasteiger partial charge on any atom is 0.239 e. The van der Waals surface area contributed by atoms with Crippen LogP contribution in [-0.2, 0) is 4.79 Å². The minimum absolute atomic E-state index is 0.00297. The van der Waals surface area contributed by atoms with Crippen molar-refractivity contribution in [1.29, 1.82) is 0 Å². The summed E-state index contributed by atoms with van der Waals surface area (Å²) in [7, 11) is 0. The molecule has 2 aliphatic rings. The molecule has 1 aliphatic heterocycles. The first-order valence-electron chi connectivity index (χ1n) is 7.25. The van der Waals surface area contributed by atoms with Crippen LogP contribution in [0.15, 0.2) is 0 Å². The number of nitrogens with one attached hydrogen (secondary N) is 1. The molecule has 17 heavy (non-hydrogen) atoms. The summed E-state index contributed by atoms with van der Waals surface area (Å²) >= 11 is 0. The second-order valence-corrected chi connectivity index (χ2v) is 5.70. The Bertz CT molecular complexity index is 259. The summed E-state index contributed by atoms with van der Waals surface area (Å²) in [6.45, 7) is 5.18. The van der Waals surface area contributed by atoms with E-state index >= 15 is 0 Å². The van der Waals surface area contributed by atoms with E-state index < -0.39 is 0 Å². The zero-order valence-electron chi connectivity index (χ0n) is 11.2. The lowest BCUT2D eigenvalue weighted by molar-refractivity contribution is -0.137. The molecule has 2 atom stereocenters. The predicted octanol–water partition coefficient (Wildman–Crippen LogP) is 2.31. The first kappa shape index (κ1) is 12.9. The third kappa shape index (κ3) is 3.01. The van der Waals surface area contributed by atoms with Gasteiger partial charge in [0, 0.05) is 12.1 Å². The van der Waals surface area contributed by atoms with Crippen molar-refractivity contribution in [3.63, 3.8) is 0 Å². The maximum atomic E-state index is 12.4. The van der Waals surface area contributed by atoms with Gasteiger partial charge >= 0.3 is 0 Å². The molecule has 98 valence electrons. The van der Waals surface area contributed by atoms with E-state index in [0.29, 0.717) is 18.0 Å².